The number of nitro groups is 1. The molecule has 1 heterocycles. The summed E-state index contributed by atoms with van der Waals surface area (Å²) in [6.07, 6.45) is 0. The van der Waals surface area contributed by atoms with E-state index in [9.17, 15) is 14.9 Å². The first-order valence-corrected chi connectivity index (χ1v) is 8.27. The maximum Gasteiger partial charge on any atom is 0.299 e. The predicted molar refractivity (Wildman–Crippen MR) is 101 cm³/mol. The van der Waals surface area contributed by atoms with E-state index in [4.69, 9.17) is 0 Å². The Balaban J connectivity index is 1.96. The largest absolute Gasteiger partial charge is 0.299 e. The zero-order chi connectivity index (χ0) is 18.0. The molecule has 9 heteroatoms. The topological polar surface area (TPSA) is 106 Å². The van der Waals surface area contributed by atoms with Gasteiger partial charge in [-0.15, -0.1) is 5.11 Å². The molecule has 1 N–H and O–H groups in total. The molecule has 0 saturated carbocycles. The normalized spacial score (nSPS) is 11.1. The number of aromatic nitrogens is 2. The Labute approximate surface area is 155 Å². The molecule has 0 radical (unpaired) electrons. The second kappa shape index (κ2) is 6.97. The van der Waals surface area contributed by atoms with Crippen LogP contribution in [0.1, 0.15) is 5.69 Å². The van der Waals surface area contributed by atoms with Crippen LogP contribution in [0, 0.1) is 20.6 Å². The third-order valence-corrected chi connectivity index (χ3v) is 4.15. The lowest BCUT2D eigenvalue weighted by Crippen LogP contribution is -2.13. The molecule has 0 unspecified atom stereocenters. The fraction of sp³-hybridized carbons (Fsp3) is 0.0625. The highest BCUT2D eigenvalue weighted by atomic mass is 127. The summed E-state index contributed by atoms with van der Waals surface area (Å²) in [6.45, 7) is 1.71. The van der Waals surface area contributed by atoms with E-state index in [1.165, 1.54) is 22.9 Å². The fourth-order valence-corrected chi connectivity index (χ4v) is 2.56. The molecule has 8 nitrogen and oxygen atoms in total. The van der Waals surface area contributed by atoms with Crippen molar-refractivity contribution in [2.45, 2.75) is 6.92 Å². The van der Waals surface area contributed by atoms with Gasteiger partial charge in [-0.3, -0.25) is 20.0 Å². The van der Waals surface area contributed by atoms with E-state index < -0.39 is 4.92 Å². The van der Waals surface area contributed by atoms with Crippen molar-refractivity contribution in [3.63, 3.8) is 0 Å². The number of aryl methyl sites for hydroxylation is 1. The summed E-state index contributed by atoms with van der Waals surface area (Å²) in [6, 6.07) is 13.2. The average molecular weight is 449 g/mol. The highest BCUT2D eigenvalue weighted by molar-refractivity contribution is 14.1. The Morgan fingerprint density at radius 2 is 1.88 bits per heavy atom. The summed E-state index contributed by atoms with van der Waals surface area (Å²) >= 11 is 2.18. The first kappa shape index (κ1) is 17.0. The van der Waals surface area contributed by atoms with Crippen molar-refractivity contribution in [2.24, 2.45) is 10.2 Å². The van der Waals surface area contributed by atoms with Crippen molar-refractivity contribution in [1.82, 2.24) is 9.78 Å². The van der Waals surface area contributed by atoms with Crippen molar-refractivity contribution < 1.29 is 4.92 Å². The first-order valence-electron chi connectivity index (χ1n) is 7.19. The molecule has 3 aromatic rings. The van der Waals surface area contributed by atoms with Gasteiger partial charge in [-0.25, -0.2) is 4.68 Å². The Morgan fingerprint density at radius 1 is 1.16 bits per heavy atom. The van der Waals surface area contributed by atoms with Crippen molar-refractivity contribution in [3.8, 4) is 5.69 Å². The lowest BCUT2D eigenvalue weighted by molar-refractivity contribution is -0.384. The van der Waals surface area contributed by atoms with Gasteiger partial charge in [0.2, 0.25) is 0 Å². The highest BCUT2D eigenvalue weighted by Gasteiger charge is 2.12. The number of benzene rings is 2. The van der Waals surface area contributed by atoms with Gasteiger partial charge < -0.3 is 0 Å². The smallest absolute Gasteiger partial charge is 0.293 e. The SMILES string of the molecule is Cc1[nH]n(-c2ccc(I)cc2)c(=O)c1N=Nc1cccc([N+](=O)[O-])c1. The van der Waals surface area contributed by atoms with Crippen LogP contribution in [0.25, 0.3) is 5.69 Å². The molecule has 0 aliphatic rings. The number of non-ortho nitro benzene ring substituents is 1. The molecule has 1 aromatic heterocycles. The summed E-state index contributed by atoms with van der Waals surface area (Å²) in [5.74, 6) is 0. The molecule has 0 spiro atoms. The average Bonchev–Trinajstić information content (AvgIpc) is 2.88. The molecule has 0 fully saturated rings. The van der Waals surface area contributed by atoms with Gasteiger partial charge in [-0.2, -0.15) is 5.11 Å². The molecule has 2 aromatic carbocycles. The second-order valence-corrected chi connectivity index (χ2v) is 6.42. The van der Waals surface area contributed by atoms with E-state index in [1.807, 2.05) is 24.3 Å². The van der Waals surface area contributed by atoms with Crippen LogP contribution in [0.3, 0.4) is 0 Å². The summed E-state index contributed by atoms with van der Waals surface area (Å²) in [5.41, 5.74) is 1.27. The number of hydrogen-bond acceptors (Lipinski definition) is 5. The number of H-pyrrole nitrogens is 1. The van der Waals surface area contributed by atoms with Crippen LogP contribution in [0.2, 0.25) is 0 Å². The third-order valence-electron chi connectivity index (χ3n) is 3.43. The van der Waals surface area contributed by atoms with Crippen molar-refractivity contribution in [2.75, 3.05) is 0 Å². The quantitative estimate of drug-likeness (QED) is 0.276. The van der Waals surface area contributed by atoms with E-state index in [-0.39, 0.29) is 16.9 Å². The summed E-state index contributed by atoms with van der Waals surface area (Å²) in [7, 11) is 0. The van der Waals surface area contributed by atoms with Crippen LogP contribution in [-0.2, 0) is 0 Å². The number of aromatic amines is 1. The maximum absolute atomic E-state index is 12.5. The number of hydrogen-bond donors (Lipinski definition) is 1. The standard InChI is InChI=1S/C16H12IN5O3/c1-10-15(19-18-12-3-2-4-14(9-12)22(24)25)16(23)21(20-10)13-7-5-11(17)6-8-13/h2-9,20H,1H3. The van der Waals surface area contributed by atoms with E-state index in [1.54, 1.807) is 13.0 Å². The molecule has 0 atom stereocenters. The second-order valence-electron chi connectivity index (χ2n) is 5.18. The van der Waals surface area contributed by atoms with Gasteiger partial charge >= 0.3 is 0 Å². The van der Waals surface area contributed by atoms with Crippen LogP contribution in [-0.4, -0.2) is 14.7 Å². The number of azo groups is 1. The van der Waals surface area contributed by atoms with Gasteiger partial charge in [-0.05, 0) is 59.8 Å². The van der Waals surface area contributed by atoms with Crippen LogP contribution < -0.4 is 5.56 Å². The van der Waals surface area contributed by atoms with Crippen LogP contribution in [0.5, 0.6) is 0 Å². The summed E-state index contributed by atoms with van der Waals surface area (Å²) < 4.78 is 2.44. The Bertz CT molecular complexity index is 1020. The summed E-state index contributed by atoms with van der Waals surface area (Å²) in [4.78, 5) is 22.8. The first-order chi connectivity index (χ1) is 12.0. The number of nitro benzene ring substituents is 1. The lowest BCUT2D eigenvalue weighted by Gasteiger charge is -2.00. The Kier molecular flexibility index (Phi) is 4.74. The van der Waals surface area contributed by atoms with E-state index in [2.05, 4.69) is 37.9 Å². The van der Waals surface area contributed by atoms with Crippen molar-refractivity contribution in [1.29, 1.82) is 0 Å². The van der Waals surface area contributed by atoms with Crippen LogP contribution >= 0.6 is 22.6 Å². The molecule has 0 bridgehead atoms. The molecular weight excluding hydrogens is 437 g/mol. The molecule has 0 amide bonds. The zero-order valence-corrected chi connectivity index (χ0v) is 15.2. The van der Waals surface area contributed by atoms with Gasteiger partial charge in [0.1, 0.15) is 0 Å². The molecule has 126 valence electrons. The highest BCUT2D eigenvalue weighted by Crippen LogP contribution is 2.22. The van der Waals surface area contributed by atoms with E-state index in [0.29, 0.717) is 17.1 Å². The minimum atomic E-state index is -0.510. The van der Waals surface area contributed by atoms with Crippen LogP contribution in [0.4, 0.5) is 17.1 Å². The number of nitrogens with zero attached hydrogens (tertiary/aromatic N) is 4. The minimum Gasteiger partial charge on any atom is -0.293 e. The number of nitrogens with one attached hydrogen (secondary N) is 1. The molecule has 0 aliphatic carbocycles. The molecule has 0 saturated heterocycles. The van der Waals surface area contributed by atoms with E-state index in [0.717, 1.165) is 3.57 Å². The van der Waals surface area contributed by atoms with Gasteiger partial charge in [0.05, 0.1) is 22.0 Å². The molecule has 25 heavy (non-hydrogen) atoms. The zero-order valence-electron chi connectivity index (χ0n) is 13.0. The monoisotopic (exact) mass is 449 g/mol. The van der Waals surface area contributed by atoms with Crippen molar-refractivity contribution >= 4 is 39.7 Å². The molecule has 3 rings (SSSR count). The number of halogens is 1. The molecule has 0 aliphatic heterocycles. The van der Waals surface area contributed by atoms with Gasteiger partial charge in [0, 0.05) is 15.7 Å². The fourth-order valence-electron chi connectivity index (χ4n) is 2.20. The Morgan fingerprint density at radius 3 is 2.56 bits per heavy atom. The van der Waals surface area contributed by atoms with Gasteiger partial charge in [0.15, 0.2) is 5.69 Å². The third kappa shape index (κ3) is 3.65. The minimum absolute atomic E-state index is 0.0847. The Hall–Kier alpha value is -2.82. The van der Waals surface area contributed by atoms with Gasteiger partial charge in [-0.1, -0.05) is 6.07 Å². The van der Waals surface area contributed by atoms with Crippen molar-refractivity contribution in [3.05, 3.63) is 78.3 Å². The lowest BCUT2D eigenvalue weighted by atomic mass is 10.3. The number of rotatable bonds is 4. The van der Waals surface area contributed by atoms with Crippen LogP contribution in [0.15, 0.2) is 63.6 Å². The maximum atomic E-state index is 12.5. The van der Waals surface area contributed by atoms with E-state index >= 15 is 0 Å². The molecular formula is C16H12IN5O3. The predicted octanol–water partition coefficient (Wildman–Crippen LogP) is 4.40. The summed E-state index contributed by atoms with van der Waals surface area (Å²) in [5, 5.41) is 21.7. The van der Waals surface area contributed by atoms with Gasteiger partial charge in [0.25, 0.3) is 11.2 Å².